The predicted molar refractivity (Wildman–Crippen MR) is 105 cm³/mol. The summed E-state index contributed by atoms with van der Waals surface area (Å²) >= 11 is 0. The van der Waals surface area contributed by atoms with Crippen LogP contribution >= 0.6 is 0 Å². The molecule has 0 saturated carbocycles. The molecule has 0 saturated heterocycles. The number of H-pyrrole nitrogens is 2. The highest BCUT2D eigenvalue weighted by atomic mass is 16.5. The Morgan fingerprint density at radius 3 is 2.64 bits per heavy atom. The number of imidazole rings is 2. The normalized spacial score (nSPS) is 16.5. The van der Waals surface area contributed by atoms with Crippen molar-refractivity contribution in [2.24, 2.45) is 0 Å². The van der Waals surface area contributed by atoms with Crippen LogP contribution in [0.15, 0.2) is 48.5 Å². The van der Waals surface area contributed by atoms with Crippen LogP contribution in [0.2, 0.25) is 0 Å². The Morgan fingerprint density at radius 1 is 1.00 bits per heavy atom. The fourth-order valence-electron chi connectivity index (χ4n) is 3.76. The van der Waals surface area contributed by atoms with E-state index in [0.29, 0.717) is 30.3 Å². The second kappa shape index (κ2) is 6.53. The number of para-hydroxylation sites is 3. The van der Waals surface area contributed by atoms with Gasteiger partial charge >= 0.3 is 0 Å². The lowest BCUT2D eigenvalue weighted by Gasteiger charge is -2.17. The van der Waals surface area contributed by atoms with Crippen molar-refractivity contribution < 1.29 is 9.53 Å². The zero-order valence-electron chi connectivity index (χ0n) is 15.3. The van der Waals surface area contributed by atoms with Gasteiger partial charge in [-0.3, -0.25) is 4.79 Å². The number of carbonyl (C=O) groups excluding carboxylic acids is 1. The molecular formula is C21H19N5O2. The molecule has 3 heterocycles. The first-order valence-electron chi connectivity index (χ1n) is 9.18. The molecule has 7 heteroatoms. The van der Waals surface area contributed by atoms with Crippen molar-refractivity contribution >= 4 is 16.9 Å². The van der Waals surface area contributed by atoms with Gasteiger partial charge in [0.1, 0.15) is 11.4 Å². The first kappa shape index (κ1) is 16.6. The highest BCUT2D eigenvalue weighted by Crippen LogP contribution is 2.31. The topological polar surface area (TPSA) is 95.7 Å². The molecule has 0 spiro atoms. The van der Waals surface area contributed by atoms with E-state index in [0.717, 1.165) is 28.0 Å². The van der Waals surface area contributed by atoms with Gasteiger partial charge in [0, 0.05) is 18.2 Å². The average Bonchev–Trinajstić information content (AvgIpc) is 3.31. The highest BCUT2D eigenvalue weighted by molar-refractivity contribution is 5.94. The molecule has 0 radical (unpaired) electrons. The molecule has 0 unspecified atom stereocenters. The van der Waals surface area contributed by atoms with E-state index in [9.17, 15) is 4.79 Å². The van der Waals surface area contributed by atoms with Crippen LogP contribution in [0.1, 0.15) is 27.7 Å². The van der Waals surface area contributed by atoms with Gasteiger partial charge in [0.05, 0.1) is 18.1 Å². The van der Waals surface area contributed by atoms with E-state index in [-0.39, 0.29) is 11.8 Å². The van der Waals surface area contributed by atoms with Gasteiger partial charge in [-0.15, -0.1) is 0 Å². The van der Waals surface area contributed by atoms with E-state index in [2.05, 4.69) is 25.3 Å². The van der Waals surface area contributed by atoms with Crippen molar-refractivity contribution in [3.8, 4) is 17.4 Å². The maximum Gasteiger partial charge on any atom is 0.271 e. The van der Waals surface area contributed by atoms with Crippen molar-refractivity contribution in [1.82, 2.24) is 25.3 Å². The van der Waals surface area contributed by atoms with Crippen LogP contribution < -0.4 is 10.1 Å². The molecule has 0 bridgehead atoms. The first-order chi connectivity index (χ1) is 13.7. The first-order valence-corrected chi connectivity index (χ1v) is 9.18. The molecule has 7 nitrogen and oxygen atoms in total. The summed E-state index contributed by atoms with van der Waals surface area (Å²) in [4.78, 5) is 28.3. The Bertz CT molecular complexity index is 1140. The summed E-state index contributed by atoms with van der Waals surface area (Å²) in [6, 6.07) is 15.7. The Hall–Kier alpha value is -3.61. The van der Waals surface area contributed by atoms with Crippen LogP contribution in [0.4, 0.5) is 0 Å². The molecule has 0 fully saturated rings. The number of rotatable bonds is 3. The van der Waals surface area contributed by atoms with Gasteiger partial charge in [-0.05, 0) is 30.2 Å². The molecule has 28 heavy (non-hydrogen) atoms. The minimum absolute atomic E-state index is 0.0883. The van der Waals surface area contributed by atoms with Gasteiger partial charge in [0.2, 0.25) is 0 Å². The van der Waals surface area contributed by atoms with E-state index in [1.807, 2.05) is 48.5 Å². The lowest BCUT2D eigenvalue weighted by molar-refractivity contribution is 0.0950. The number of amides is 1. The van der Waals surface area contributed by atoms with E-state index in [1.54, 1.807) is 7.11 Å². The standard InChI is InChI=1S/C21H19N5O2/c1-28-17-9-5-2-6-13(17)12-10-16-18(21(27)22-11-12)26-20(25-16)19-23-14-7-3-4-8-15(14)24-19/h2-9,12H,10-11H2,1H3,(H,22,27)(H,23,24)(H,25,26)/t12-/m1/s1. The molecule has 2 aromatic heterocycles. The number of hydrogen-bond donors (Lipinski definition) is 3. The van der Waals surface area contributed by atoms with Crippen LogP contribution in [0.5, 0.6) is 5.75 Å². The number of hydrogen-bond acceptors (Lipinski definition) is 4. The molecule has 2 aromatic carbocycles. The fourth-order valence-corrected chi connectivity index (χ4v) is 3.76. The summed E-state index contributed by atoms with van der Waals surface area (Å²) in [6.07, 6.45) is 0.654. The van der Waals surface area contributed by atoms with Crippen molar-refractivity contribution in [3.63, 3.8) is 0 Å². The number of aromatic nitrogens is 4. The lowest BCUT2D eigenvalue weighted by atomic mass is 9.93. The van der Waals surface area contributed by atoms with E-state index in [4.69, 9.17) is 4.74 Å². The van der Waals surface area contributed by atoms with Gasteiger partial charge in [-0.25, -0.2) is 9.97 Å². The molecule has 1 aliphatic rings. The molecule has 5 rings (SSSR count). The van der Waals surface area contributed by atoms with Crippen LogP contribution in [-0.2, 0) is 6.42 Å². The van der Waals surface area contributed by atoms with Crippen LogP contribution in [-0.4, -0.2) is 39.5 Å². The highest BCUT2D eigenvalue weighted by Gasteiger charge is 2.28. The third-order valence-corrected chi connectivity index (χ3v) is 5.15. The molecule has 0 aliphatic carbocycles. The van der Waals surface area contributed by atoms with Crippen LogP contribution in [0.3, 0.4) is 0 Å². The zero-order valence-corrected chi connectivity index (χ0v) is 15.3. The number of carbonyl (C=O) groups is 1. The number of fused-ring (bicyclic) bond motifs is 2. The van der Waals surface area contributed by atoms with E-state index in [1.165, 1.54) is 0 Å². The van der Waals surface area contributed by atoms with Gasteiger partial charge in [0.15, 0.2) is 11.6 Å². The maximum atomic E-state index is 12.6. The lowest BCUT2D eigenvalue weighted by Crippen LogP contribution is -2.26. The van der Waals surface area contributed by atoms with Crippen molar-refractivity contribution in [2.45, 2.75) is 12.3 Å². The second-order valence-corrected chi connectivity index (χ2v) is 6.87. The minimum atomic E-state index is -0.175. The summed E-state index contributed by atoms with van der Waals surface area (Å²) in [5, 5.41) is 2.98. The van der Waals surface area contributed by atoms with Gasteiger partial charge in [-0.1, -0.05) is 30.3 Å². The van der Waals surface area contributed by atoms with E-state index < -0.39 is 0 Å². The molecule has 1 amide bonds. The van der Waals surface area contributed by atoms with Crippen LogP contribution in [0, 0.1) is 0 Å². The summed E-state index contributed by atoms with van der Waals surface area (Å²) in [5.41, 5.74) is 4.09. The monoisotopic (exact) mass is 373 g/mol. The Morgan fingerprint density at radius 2 is 1.79 bits per heavy atom. The molecule has 140 valence electrons. The Kier molecular flexibility index (Phi) is 3.86. The average molecular weight is 373 g/mol. The summed E-state index contributed by atoms with van der Waals surface area (Å²) in [6.45, 7) is 0.531. The zero-order chi connectivity index (χ0) is 19.1. The second-order valence-electron chi connectivity index (χ2n) is 6.87. The molecular weight excluding hydrogens is 354 g/mol. The molecule has 4 aromatic rings. The number of aromatic amines is 2. The van der Waals surface area contributed by atoms with E-state index >= 15 is 0 Å². The van der Waals surface area contributed by atoms with Crippen molar-refractivity contribution in [1.29, 1.82) is 0 Å². The smallest absolute Gasteiger partial charge is 0.271 e. The molecule has 1 aliphatic heterocycles. The largest absolute Gasteiger partial charge is 0.496 e. The fraction of sp³-hybridized carbons (Fsp3) is 0.190. The third-order valence-electron chi connectivity index (χ3n) is 5.15. The Balaban J connectivity index is 1.54. The van der Waals surface area contributed by atoms with Gasteiger partial charge in [-0.2, -0.15) is 0 Å². The predicted octanol–water partition coefficient (Wildman–Crippen LogP) is 3.03. The summed E-state index contributed by atoms with van der Waals surface area (Å²) < 4.78 is 5.51. The van der Waals surface area contributed by atoms with Gasteiger partial charge in [0.25, 0.3) is 5.91 Å². The number of methoxy groups -OCH3 is 1. The van der Waals surface area contributed by atoms with Gasteiger partial charge < -0.3 is 20.0 Å². The van der Waals surface area contributed by atoms with Crippen molar-refractivity contribution in [3.05, 3.63) is 65.5 Å². The minimum Gasteiger partial charge on any atom is -0.496 e. The maximum absolute atomic E-state index is 12.6. The SMILES string of the molecule is COc1ccccc1[C@H]1CNC(=O)c2nc(-c3nc4ccccc4[nH]3)[nH]c2C1. The van der Waals surface area contributed by atoms with Crippen molar-refractivity contribution in [2.75, 3.05) is 13.7 Å². The summed E-state index contributed by atoms with van der Waals surface area (Å²) in [7, 11) is 1.66. The molecule has 1 atom stereocenters. The number of nitrogens with zero attached hydrogens (tertiary/aromatic N) is 2. The Labute approximate surface area is 161 Å². The summed E-state index contributed by atoms with van der Waals surface area (Å²) in [5.74, 6) is 1.92. The number of benzene rings is 2. The third kappa shape index (κ3) is 2.72. The van der Waals surface area contributed by atoms with Crippen LogP contribution in [0.25, 0.3) is 22.7 Å². The molecule has 3 N–H and O–H groups in total. The number of nitrogens with one attached hydrogen (secondary N) is 3. The number of ether oxygens (including phenoxy) is 1. The quantitative estimate of drug-likeness (QED) is 0.514.